The minimum Gasteiger partial charge on any atom is -0.497 e. The number of carbonyl (C=O) groups excluding carboxylic acids is 1. The molecule has 4 rings (SSSR count). The van der Waals surface area contributed by atoms with Crippen molar-refractivity contribution in [1.82, 2.24) is 20.1 Å². The molecule has 1 amide bonds. The first-order valence-electron chi connectivity index (χ1n) is 10.8. The van der Waals surface area contributed by atoms with Gasteiger partial charge in [0.05, 0.1) is 34.1 Å². The lowest BCUT2D eigenvalue weighted by molar-refractivity contribution is 0.0940. The van der Waals surface area contributed by atoms with Gasteiger partial charge in [-0.2, -0.15) is 0 Å². The van der Waals surface area contributed by atoms with Gasteiger partial charge in [-0.15, -0.1) is 5.10 Å². The van der Waals surface area contributed by atoms with E-state index in [4.69, 9.17) is 18.9 Å². The summed E-state index contributed by atoms with van der Waals surface area (Å²) in [5, 5.41) is 7.37. The lowest BCUT2D eigenvalue weighted by Crippen LogP contribution is -2.24. The van der Waals surface area contributed by atoms with Crippen LogP contribution in [0.5, 0.6) is 23.0 Å². The first-order valence-corrected chi connectivity index (χ1v) is 10.8. The number of hydrogen-bond acceptors (Lipinski definition) is 7. The topological polar surface area (TPSA) is 96.7 Å². The molecule has 0 fully saturated rings. The quantitative estimate of drug-likeness (QED) is 0.393. The van der Waals surface area contributed by atoms with Gasteiger partial charge in [0.15, 0.2) is 17.3 Å². The van der Waals surface area contributed by atoms with E-state index in [0.717, 1.165) is 16.8 Å². The van der Waals surface area contributed by atoms with E-state index in [1.54, 1.807) is 38.1 Å². The Hall–Kier alpha value is -4.53. The summed E-state index contributed by atoms with van der Waals surface area (Å²) in [6, 6.07) is 20.5. The summed E-state index contributed by atoms with van der Waals surface area (Å²) in [5.41, 5.74) is 2.31. The van der Waals surface area contributed by atoms with E-state index in [1.807, 2.05) is 54.6 Å². The Morgan fingerprint density at radius 2 is 1.57 bits per heavy atom. The zero-order chi connectivity index (χ0) is 24.8. The summed E-state index contributed by atoms with van der Waals surface area (Å²) in [7, 11) is 6.22. The number of aromatic nitrogens is 3. The average molecular weight is 475 g/mol. The molecule has 3 aromatic carbocycles. The van der Waals surface area contributed by atoms with Gasteiger partial charge in [0.1, 0.15) is 5.75 Å². The van der Waals surface area contributed by atoms with Gasteiger partial charge in [-0.3, -0.25) is 4.79 Å². The number of nitrogens with one attached hydrogen (secondary N) is 1. The Labute approximate surface area is 203 Å². The fourth-order valence-corrected chi connectivity index (χ4v) is 3.61. The van der Waals surface area contributed by atoms with Gasteiger partial charge in [-0.25, -0.2) is 9.67 Å². The van der Waals surface area contributed by atoms with Crippen LogP contribution in [0.4, 0.5) is 0 Å². The minimum absolute atomic E-state index is 0.0408. The molecule has 9 heteroatoms. The number of benzene rings is 3. The van der Waals surface area contributed by atoms with Crippen molar-refractivity contribution in [1.29, 1.82) is 0 Å². The van der Waals surface area contributed by atoms with E-state index in [2.05, 4.69) is 15.4 Å². The van der Waals surface area contributed by atoms with E-state index in [1.165, 1.54) is 7.11 Å². The summed E-state index contributed by atoms with van der Waals surface area (Å²) in [5.74, 6) is 2.31. The Morgan fingerprint density at radius 3 is 2.20 bits per heavy atom. The van der Waals surface area contributed by atoms with Crippen molar-refractivity contribution in [3.05, 3.63) is 78.1 Å². The van der Waals surface area contributed by atoms with Gasteiger partial charge < -0.3 is 24.3 Å². The number of ether oxygens (including phenoxy) is 4. The van der Waals surface area contributed by atoms with Gasteiger partial charge in [0.25, 0.3) is 5.91 Å². The molecule has 0 radical (unpaired) electrons. The molecule has 0 aliphatic carbocycles. The molecule has 4 aromatic rings. The lowest BCUT2D eigenvalue weighted by Gasteiger charge is -2.14. The summed E-state index contributed by atoms with van der Waals surface area (Å²) in [4.78, 5) is 17.6. The van der Waals surface area contributed by atoms with Crippen LogP contribution in [-0.2, 0) is 6.54 Å². The van der Waals surface area contributed by atoms with Gasteiger partial charge in [-0.05, 0) is 42.0 Å². The smallest absolute Gasteiger partial charge is 0.291 e. The van der Waals surface area contributed by atoms with Crippen LogP contribution in [0.25, 0.3) is 17.1 Å². The lowest BCUT2D eigenvalue weighted by atomic mass is 10.1. The van der Waals surface area contributed by atoms with Crippen LogP contribution in [0.15, 0.2) is 66.7 Å². The highest BCUT2D eigenvalue weighted by Gasteiger charge is 2.20. The Morgan fingerprint density at radius 1 is 0.857 bits per heavy atom. The second-order valence-electron chi connectivity index (χ2n) is 7.45. The molecular weight excluding hydrogens is 448 g/mol. The minimum atomic E-state index is -0.419. The number of carbonyl (C=O) groups is 1. The zero-order valence-corrected chi connectivity index (χ0v) is 19.9. The highest BCUT2D eigenvalue weighted by molar-refractivity contribution is 5.91. The molecule has 35 heavy (non-hydrogen) atoms. The fraction of sp³-hybridized carbons (Fsp3) is 0.192. The predicted octanol–water partition coefficient (Wildman–Crippen LogP) is 3.90. The summed E-state index contributed by atoms with van der Waals surface area (Å²) in [6.07, 6.45) is 0. The van der Waals surface area contributed by atoms with Gasteiger partial charge >= 0.3 is 0 Å². The molecule has 0 bridgehead atoms. The van der Waals surface area contributed by atoms with Crippen molar-refractivity contribution in [2.45, 2.75) is 6.54 Å². The molecule has 0 saturated carbocycles. The van der Waals surface area contributed by atoms with Crippen LogP contribution in [0.1, 0.15) is 16.2 Å². The molecule has 0 aliphatic heterocycles. The molecule has 180 valence electrons. The molecule has 1 heterocycles. The van der Waals surface area contributed by atoms with Crippen LogP contribution < -0.4 is 24.3 Å². The number of rotatable bonds is 9. The Kier molecular flexibility index (Phi) is 7.15. The number of amides is 1. The largest absolute Gasteiger partial charge is 0.497 e. The molecule has 1 N–H and O–H groups in total. The first kappa shape index (κ1) is 23.6. The standard InChI is InChI=1S/C26H26N4O5/c1-32-20-12-8-9-18(15-20)25-28-24(29-30(25)19-10-6-5-7-11-19)26(31)27-16-17-13-21(33-2)23(35-4)22(14-17)34-3/h5-15H,16H2,1-4H3,(H,27,31). The van der Waals surface area contributed by atoms with Crippen molar-refractivity contribution >= 4 is 5.91 Å². The van der Waals surface area contributed by atoms with Crippen LogP contribution >= 0.6 is 0 Å². The Bertz CT molecular complexity index is 1300. The fourth-order valence-electron chi connectivity index (χ4n) is 3.61. The number of para-hydroxylation sites is 1. The highest BCUT2D eigenvalue weighted by Crippen LogP contribution is 2.38. The summed E-state index contributed by atoms with van der Waals surface area (Å²) < 4.78 is 23.1. The van der Waals surface area contributed by atoms with Crippen molar-refractivity contribution in [2.75, 3.05) is 28.4 Å². The van der Waals surface area contributed by atoms with E-state index < -0.39 is 5.91 Å². The van der Waals surface area contributed by atoms with Crippen LogP contribution in [0, 0.1) is 0 Å². The molecule has 9 nitrogen and oxygen atoms in total. The van der Waals surface area contributed by atoms with Crippen molar-refractivity contribution in [2.24, 2.45) is 0 Å². The molecular formula is C26H26N4O5. The van der Waals surface area contributed by atoms with Gasteiger partial charge in [0.2, 0.25) is 11.6 Å². The van der Waals surface area contributed by atoms with Crippen molar-refractivity contribution < 1.29 is 23.7 Å². The second-order valence-corrected chi connectivity index (χ2v) is 7.45. The maximum absolute atomic E-state index is 13.0. The normalized spacial score (nSPS) is 10.5. The zero-order valence-electron chi connectivity index (χ0n) is 19.9. The van der Waals surface area contributed by atoms with Gasteiger partial charge in [-0.1, -0.05) is 30.3 Å². The van der Waals surface area contributed by atoms with E-state index in [9.17, 15) is 4.79 Å². The maximum Gasteiger partial charge on any atom is 0.291 e. The summed E-state index contributed by atoms with van der Waals surface area (Å²) in [6.45, 7) is 0.212. The molecule has 0 aliphatic rings. The first-order chi connectivity index (χ1) is 17.1. The van der Waals surface area contributed by atoms with E-state index in [0.29, 0.717) is 28.8 Å². The Balaban J connectivity index is 1.64. The van der Waals surface area contributed by atoms with Crippen LogP contribution in [0.2, 0.25) is 0 Å². The molecule has 0 spiro atoms. The number of nitrogens with zero attached hydrogens (tertiary/aromatic N) is 3. The van der Waals surface area contributed by atoms with Gasteiger partial charge in [0, 0.05) is 12.1 Å². The van der Waals surface area contributed by atoms with Crippen molar-refractivity contribution in [3.8, 4) is 40.1 Å². The van der Waals surface area contributed by atoms with Crippen molar-refractivity contribution in [3.63, 3.8) is 0 Å². The maximum atomic E-state index is 13.0. The molecule has 0 atom stereocenters. The van der Waals surface area contributed by atoms with Crippen LogP contribution in [-0.4, -0.2) is 49.1 Å². The third kappa shape index (κ3) is 5.03. The molecule has 0 unspecified atom stereocenters. The SMILES string of the molecule is COc1cccc(-c2nc(C(=O)NCc3cc(OC)c(OC)c(OC)c3)nn2-c2ccccc2)c1. The third-order valence-corrected chi connectivity index (χ3v) is 5.32. The number of hydrogen-bond donors (Lipinski definition) is 1. The molecule has 1 aromatic heterocycles. The van der Waals surface area contributed by atoms with E-state index in [-0.39, 0.29) is 12.4 Å². The average Bonchev–Trinajstić information content (AvgIpc) is 3.37. The van der Waals surface area contributed by atoms with Crippen LogP contribution in [0.3, 0.4) is 0 Å². The molecule has 0 saturated heterocycles. The number of methoxy groups -OCH3 is 4. The predicted molar refractivity (Wildman–Crippen MR) is 131 cm³/mol. The second kappa shape index (κ2) is 10.6. The monoisotopic (exact) mass is 474 g/mol. The highest BCUT2D eigenvalue weighted by atomic mass is 16.5. The van der Waals surface area contributed by atoms with E-state index >= 15 is 0 Å². The summed E-state index contributed by atoms with van der Waals surface area (Å²) >= 11 is 0. The third-order valence-electron chi connectivity index (χ3n) is 5.32.